The van der Waals surface area contributed by atoms with Crippen LogP contribution in [0.4, 0.5) is 5.95 Å². The van der Waals surface area contributed by atoms with E-state index in [2.05, 4.69) is 25.4 Å². The number of fused-ring (bicyclic) bond motifs is 1. The van der Waals surface area contributed by atoms with E-state index >= 15 is 0 Å². The van der Waals surface area contributed by atoms with Gasteiger partial charge in [0, 0.05) is 59.1 Å². The first-order chi connectivity index (χ1) is 17.0. The smallest absolute Gasteiger partial charge is 0.224 e. The highest BCUT2D eigenvalue weighted by Crippen LogP contribution is 2.42. The second-order valence-corrected chi connectivity index (χ2v) is 12.0. The topological polar surface area (TPSA) is 106 Å². The van der Waals surface area contributed by atoms with E-state index in [0.717, 1.165) is 60.9 Å². The van der Waals surface area contributed by atoms with Gasteiger partial charge in [-0.2, -0.15) is 0 Å². The van der Waals surface area contributed by atoms with Crippen molar-refractivity contribution in [2.24, 2.45) is 11.8 Å². The molecule has 3 aliphatic carbocycles. The highest BCUT2D eigenvalue weighted by molar-refractivity contribution is 7.12. The summed E-state index contributed by atoms with van der Waals surface area (Å²) < 4.78 is 2.08. The Kier molecular flexibility index (Phi) is 6.20. The summed E-state index contributed by atoms with van der Waals surface area (Å²) in [5, 5.41) is 14.8. The predicted octanol–water partition coefficient (Wildman–Crippen LogP) is 3.65. The van der Waals surface area contributed by atoms with Crippen LogP contribution in [-0.4, -0.2) is 44.8 Å². The molecule has 1 aliphatic heterocycles. The quantitative estimate of drug-likeness (QED) is 0.488. The highest BCUT2D eigenvalue weighted by Gasteiger charge is 2.35. The number of Topliss-reactive ketones (excluding diaryl/α,β-unsaturated/α-hetero) is 2. The zero-order valence-electron chi connectivity index (χ0n) is 20.1. The molecule has 3 fully saturated rings. The van der Waals surface area contributed by atoms with Crippen molar-refractivity contribution >= 4 is 34.8 Å². The molecule has 6 rings (SSSR count). The molecule has 0 bridgehead atoms. The van der Waals surface area contributed by atoms with E-state index in [-0.39, 0.29) is 29.7 Å². The maximum absolute atomic E-state index is 13.5. The average Bonchev–Trinajstić information content (AvgIpc) is 3.77. The summed E-state index contributed by atoms with van der Waals surface area (Å²) in [6.07, 6.45) is 12.1. The van der Waals surface area contributed by atoms with Crippen LogP contribution in [0.1, 0.15) is 89.5 Å². The average molecular weight is 496 g/mol. The molecule has 2 saturated carbocycles. The van der Waals surface area contributed by atoms with Crippen molar-refractivity contribution < 1.29 is 14.4 Å². The van der Waals surface area contributed by atoms with Crippen molar-refractivity contribution in [1.82, 2.24) is 20.1 Å². The second-order valence-electron chi connectivity index (χ2n) is 10.8. The Balaban J connectivity index is 1.24. The van der Waals surface area contributed by atoms with Crippen molar-refractivity contribution in [2.75, 3.05) is 11.9 Å². The van der Waals surface area contributed by atoms with Gasteiger partial charge in [0.15, 0.2) is 5.78 Å². The first-order valence-electron chi connectivity index (χ1n) is 13.2. The zero-order valence-corrected chi connectivity index (χ0v) is 20.9. The number of anilines is 1. The van der Waals surface area contributed by atoms with Crippen LogP contribution >= 0.6 is 11.3 Å². The number of nitrogens with one attached hydrogen (secondary N) is 2. The number of rotatable bonds is 10. The molecule has 2 N–H and O–H groups in total. The molecule has 1 unspecified atom stereocenters. The minimum atomic E-state index is 0.0478. The molecule has 8 nitrogen and oxygen atoms in total. The summed E-state index contributed by atoms with van der Waals surface area (Å²) in [5.41, 5.74) is 2.01. The summed E-state index contributed by atoms with van der Waals surface area (Å²) in [6.45, 7) is 0.668. The van der Waals surface area contributed by atoms with E-state index in [1.165, 1.54) is 17.7 Å². The fourth-order valence-electron chi connectivity index (χ4n) is 5.59. The molecular formula is C26H33N5O3S. The lowest BCUT2D eigenvalue weighted by molar-refractivity contribution is -0.122. The lowest BCUT2D eigenvalue weighted by atomic mass is 9.88. The number of hydrogen-bond donors (Lipinski definition) is 2. The van der Waals surface area contributed by atoms with Gasteiger partial charge in [0.25, 0.3) is 0 Å². The van der Waals surface area contributed by atoms with Crippen LogP contribution in [0.25, 0.3) is 0 Å². The van der Waals surface area contributed by atoms with Gasteiger partial charge in [-0.25, -0.2) is 0 Å². The summed E-state index contributed by atoms with van der Waals surface area (Å²) >= 11 is 1.70. The second kappa shape index (κ2) is 9.48. The van der Waals surface area contributed by atoms with Gasteiger partial charge in [-0.15, -0.1) is 21.5 Å². The summed E-state index contributed by atoms with van der Waals surface area (Å²) in [4.78, 5) is 40.2. The third kappa shape index (κ3) is 5.06. The minimum absolute atomic E-state index is 0.0478. The van der Waals surface area contributed by atoms with Crippen LogP contribution in [-0.2, 0) is 28.9 Å². The number of nitrogens with zero attached hydrogens (tertiary/aromatic N) is 3. The van der Waals surface area contributed by atoms with E-state index in [1.807, 2.05) is 0 Å². The third-order valence-electron chi connectivity index (χ3n) is 7.98. The number of hydrogen-bond acceptors (Lipinski definition) is 7. The van der Waals surface area contributed by atoms with Gasteiger partial charge < -0.3 is 10.6 Å². The molecule has 35 heavy (non-hydrogen) atoms. The third-order valence-corrected chi connectivity index (χ3v) is 9.27. The molecule has 3 heterocycles. The summed E-state index contributed by atoms with van der Waals surface area (Å²) in [5.74, 6) is 2.21. The van der Waals surface area contributed by atoms with Crippen LogP contribution in [0, 0.1) is 11.8 Å². The van der Waals surface area contributed by atoms with Crippen LogP contribution in [0.5, 0.6) is 0 Å². The molecule has 2 atom stereocenters. The maximum Gasteiger partial charge on any atom is 0.224 e. The van der Waals surface area contributed by atoms with E-state index in [1.54, 1.807) is 17.7 Å². The van der Waals surface area contributed by atoms with Gasteiger partial charge >= 0.3 is 0 Å². The molecule has 4 aliphatic rings. The first-order valence-corrected chi connectivity index (χ1v) is 14.0. The predicted molar refractivity (Wildman–Crippen MR) is 133 cm³/mol. The van der Waals surface area contributed by atoms with E-state index in [4.69, 9.17) is 0 Å². The normalized spacial score (nSPS) is 24.1. The Hall–Kier alpha value is -2.55. The molecule has 186 valence electrons. The number of aryl methyl sites for hydroxylation is 1. The summed E-state index contributed by atoms with van der Waals surface area (Å²) in [7, 11) is 0. The molecule has 1 saturated heterocycles. The van der Waals surface area contributed by atoms with E-state index < -0.39 is 0 Å². The van der Waals surface area contributed by atoms with Crippen molar-refractivity contribution in [3.63, 3.8) is 0 Å². The highest BCUT2D eigenvalue weighted by atomic mass is 32.1. The Labute approximate surface area is 209 Å². The molecule has 0 spiro atoms. The molecule has 0 radical (unpaired) electrons. The number of ketones is 2. The van der Waals surface area contributed by atoms with Crippen molar-refractivity contribution in [2.45, 2.75) is 89.1 Å². The largest absolute Gasteiger partial charge is 0.356 e. The van der Waals surface area contributed by atoms with Gasteiger partial charge in [-0.3, -0.25) is 19.0 Å². The standard InChI is InChI=1S/C26H33N5O3S/c32-20(7-3-15-1-2-15)25-19-12-18(6-8-22(19)35-23(25)13-21(33)16-4-5-16)31-14-28-30-26(31)29-17-9-10-27-24(34)11-17/h14-18H,1-13H2,(H,27,34)(H,29,30)/t17?,18-/m0/s1. The monoisotopic (exact) mass is 495 g/mol. The lowest BCUT2D eigenvalue weighted by Gasteiger charge is -2.28. The van der Waals surface area contributed by atoms with Gasteiger partial charge in [0.1, 0.15) is 12.1 Å². The fraction of sp³-hybridized carbons (Fsp3) is 0.654. The number of aromatic nitrogens is 3. The van der Waals surface area contributed by atoms with Crippen LogP contribution < -0.4 is 10.6 Å². The number of carbonyl (C=O) groups excluding carboxylic acids is 3. The lowest BCUT2D eigenvalue weighted by Crippen LogP contribution is -2.40. The minimum Gasteiger partial charge on any atom is -0.356 e. The number of thiophene rings is 1. The van der Waals surface area contributed by atoms with E-state index in [0.29, 0.717) is 43.5 Å². The van der Waals surface area contributed by atoms with Gasteiger partial charge in [-0.05, 0) is 56.4 Å². The van der Waals surface area contributed by atoms with Crippen LogP contribution in [0.2, 0.25) is 0 Å². The molecule has 2 aromatic rings. The summed E-state index contributed by atoms with van der Waals surface area (Å²) in [6, 6.07) is 0.195. The van der Waals surface area contributed by atoms with Gasteiger partial charge in [0.2, 0.25) is 11.9 Å². The molecule has 0 aromatic carbocycles. The van der Waals surface area contributed by atoms with Crippen molar-refractivity contribution in [3.8, 4) is 0 Å². The van der Waals surface area contributed by atoms with Crippen molar-refractivity contribution in [1.29, 1.82) is 0 Å². The van der Waals surface area contributed by atoms with Gasteiger partial charge in [0.05, 0.1) is 0 Å². The zero-order chi connectivity index (χ0) is 23.9. The fourth-order valence-corrected chi connectivity index (χ4v) is 6.96. The Bertz CT molecular complexity index is 1150. The number of piperidine rings is 1. The Morgan fingerprint density at radius 1 is 1.14 bits per heavy atom. The molecule has 1 amide bonds. The molecular weight excluding hydrogens is 462 g/mol. The van der Waals surface area contributed by atoms with Crippen LogP contribution in [0.3, 0.4) is 0 Å². The maximum atomic E-state index is 13.5. The SMILES string of the molecule is O=C1CC(Nc2nncn2[C@H]2CCc3sc(CC(=O)C4CC4)c(C(=O)CCC4CC4)c3C2)CCN1. The first kappa shape index (κ1) is 22.9. The number of amides is 1. The Morgan fingerprint density at radius 2 is 2.00 bits per heavy atom. The van der Waals surface area contributed by atoms with E-state index in [9.17, 15) is 14.4 Å². The Morgan fingerprint density at radius 3 is 2.77 bits per heavy atom. The molecule has 2 aromatic heterocycles. The molecule has 9 heteroatoms. The van der Waals surface area contributed by atoms with Gasteiger partial charge in [-0.1, -0.05) is 12.8 Å². The number of carbonyl (C=O) groups is 3. The van der Waals surface area contributed by atoms with Crippen LogP contribution in [0.15, 0.2) is 6.33 Å². The van der Waals surface area contributed by atoms with Crippen molar-refractivity contribution in [3.05, 3.63) is 27.2 Å².